The van der Waals surface area contributed by atoms with Gasteiger partial charge in [0.05, 0.1) is 6.54 Å². The third-order valence-corrected chi connectivity index (χ3v) is 3.74. The molecule has 88 valence electrons. The van der Waals surface area contributed by atoms with Gasteiger partial charge < -0.3 is 5.32 Å². The van der Waals surface area contributed by atoms with Crippen LogP contribution in [0.3, 0.4) is 0 Å². The average molecular weight is 218 g/mol. The van der Waals surface area contributed by atoms with Gasteiger partial charge in [-0.1, -0.05) is 6.92 Å². The molecule has 4 heteroatoms. The summed E-state index contributed by atoms with van der Waals surface area (Å²) in [6, 6.07) is 1.55. The van der Waals surface area contributed by atoms with Crippen molar-refractivity contribution in [2.24, 2.45) is 0 Å². The molecule has 0 spiro atoms. The van der Waals surface area contributed by atoms with E-state index < -0.39 is 6.43 Å². The summed E-state index contributed by atoms with van der Waals surface area (Å²) in [5.74, 6) is 0. The van der Waals surface area contributed by atoms with Crippen LogP contribution in [0.2, 0.25) is 0 Å². The lowest BCUT2D eigenvalue weighted by Crippen LogP contribution is -2.49. The number of nitrogens with zero attached hydrogens (tertiary/aromatic N) is 1. The Bertz CT molecular complexity index is 199. The number of fused-ring (bicyclic) bond motifs is 2. The summed E-state index contributed by atoms with van der Waals surface area (Å²) >= 11 is 0. The Kier molecular flexibility index (Phi) is 3.57. The van der Waals surface area contributed by atoms with Crippen LogP contribution in [0, 0.1) is 0 Å². The summed E-state index contributed by atoms with van der Waals surface area (Å²) in [5.41, 5.74) is 0. The van der Waals surface area contributed by atoms with Crippen molar-refractivity contribution in [1.29, 1.82) is 0 Å². The van der Waals surface area contributed by atoms with Gasteiger partial charge in [-0.25, -0.2) is 8.78 Å². The van der Waals surface area contributed by atoms with Crippen LogP contribution in [0.25, 0.3) is 0 Å². The van der Waals surface area contributed by atoms with Crippen molar-refractivity contribution in [1.82, 2.24) is 10.2 Å². The number of hydrogen-bond acceptors (Lipinski definition) is 2. The van der Waals surface area contributed by atoms with Gasteiger partial charge in [-0.3, -0.25) is 4.90 Å². The van der Waals surface area contributed by atoms with E-state index in [1.807, 2.05) is 11.8 Å². The van der Waals surface area contributed by atoms with Crippen LogP contribution in [-0.2, 0) is 0 Å². The lowest BCUT2D eigenvalue weighted by molar-refractivity contribution is 0.0535. The minimum absolute atomic E-state index is 0.0550. The molecule has 0 amide bonds. The third-order valence-electron chi connectivity index (χ3n) is 3.74. The van der Waals surface area contributed by atoms with Crippen molar-refractivity contribution >= 4 is 0 Å². The number of nitrogens with one attached hydrogen (secondary N) is 1. The second-order valence-corrected chi connectivity index (χ2v) is 4.74. The minimum atomic E-state index is -2.20. The first-order valence-corrected chi connectivity index (χ1v) is 5.97. The van der Waals surface area contributed by atoms with Gasteiger partial charge in [0.25, 0.3) is 6.43 Å². The van der Waals surface area contributed by atoms with Gasteiger partial charge in [-0.2, -0.15) is 0 Å². The van der Waals surface area contributed by atoms with E-state index in [0.29, 0.717) is 18.1 Å². The summed E-state index contributed by atoms with van der Waals surface area (Å²) in [5, 5.41) is 3.54. The summed E-state index contributed by atoms with van der Waals surface area (Å²) in [7, 11) is 0. The van der Waals surface area contributed by atoms with Gasteiger partial charge in [0.2, 0.25) is 0 Å². The summed E-state index contributed by atoms with van der Waals surface area (Å²) in [6.45, 7) is 2.67. The molecule has 2 nitrogen and oxygen atoms in total. The Labute approximate surface area is 90.0 Å². The van der Waals surface area contributed by atoms with Crippen molar-refractivity contribution in [3.63, 3.8) is 0 Å². The fourth-order valence-electron chi connectivity index (χ4n) is 3.04. The maximum absolute atomic E-state index is 12.4. The average Bonchev–Trinajstić information content (AvgIpc) is 2.54. The number of alkyl halides is 2. The van der Waals surface area contributed by atoms with Crippen LogP contribution in [0.1, 0.15) is 32.6 Å². The van der Waals surface area contributed by atoms with Crippen molar-refractivity contribution in [2.45, 2.75) is 57.2 Å². The first-order chi connectivity index (χ1) is 7.19. The molecule has 2 saturated heterocycles. The van der Waals surface area contributed by atoms with Crippen LogP contribution in [0.5, 0.6) is 0 Å². The smallest absolute Gasteiger partial charge is 0.251 e. The van der Waals surface area contributed by atoms with E-state index in [4.69, 9.17) is 0 Å². The largest absolute Gasteiger partial charge is 0.311 e. The van der Waals surface area contributed by atoms with E-state index in [1.165, 1.54) is 12.8 Å². The molecular formula is C11H20F2N2. The highest BCUT2D eigenvalue weighted by atomic mass is 19.3. The SMILES string of the molecule is CCN(CC(F)F)C1CC2CCC(C1)N2. The minimum Gasteiger partial charge on any atom is -0.311 e. The highest BCUT2D eigenvalue weighted by Crippen LogP contribution is 2.29. The molecule has 0 aromatic heterocycles. The van der Waals surface area contributed by atoms with Gasteiger partial charge in [0, 0.05) is 18.1 Å². The van der Waals surface area contributed by atoms with Gasteiger partial charge in [-0.15, -0.1) is 0 Å². The van der Waals surface area contributed by atoms with E-state index in [9.17, 15) is 8.78 Å². The van der Waals surface area contributed by atoms with E-state index in [1.54, 1.807) is 0 Å². The number of piperidine rings is 1. The molecule has 0 aromatic rings. The highest BCUT2D eigenvalue weighted by Gasteiger charge is 2.36. The van der Waals surface area contributed by atoms with Gasteiger partial charge in [-0.05, 0) is 32.2 Å². The molecular weight excluding hydrogens is 198 g/mol. The van der Waals surface area contributed by atoms with E-state index in [-0.39, 0.29) is 6.54 Å². The standard InChI is InChI=1S/C11H20F2N2/c1-2-15(7-11(12)13)10-5-8-3-4-9(6-10)14-8/h8-11,14H,2-7H2,1H3. The van der Waals surface area contributed by atoms with E-state index in [2.05, 4.69) is 5.32 Å². The normalized spacial score (nSPS) is 35.4. The zero-order valence-corrected chi connectivity index (χ0v) is 9.26. The maximum atomic E-state index is 12.4. The molecule has 2 rings (SSSR count). The van der Waals surface area contributed by atoms with Crippen LogP contribution in [0.4, 0.5) is 8.78 Å². The Morgan fingerprint density at radius 3 is 2.33 bits per heavy atom. The molecule has 2 aliphatic heterocycles. The molecule has 0 aliphatic carbocycles. The third kappa shape index (κ3) is 2.67. The van der Waals surface area contributed by atoms with Crippen molar-refractivity contribution in [2.75, 3.05) is 13.1 Å². The fraction of sp³-hybridized carbons (Fsp3) is 1.00. The lowest BCUT2D eigenvalue weighted by Gasteiger charge is -2.37. The van der Waals surface area contributed by atoms with Gasteiger partial charge >= 0.3 is 0 Å². The molecule has 0 aromatic carbocycles. The molecule has 0 saturated carbocycles. The van der Waals surface area contributed by atoms with Crippen LogP contribution >= 0.6 is 0 Å². The zero-order chi connectivity index (χ0) is 10.8. The molecule has 2 unspecified atom stereocenters. The fourth-order valence-corrected chi connectivity index (χ4v) is 3.04. The second kappa shape index (κ2) is 4.74. The quantitative estimate of drug-likeness (QED) is 0.774. The summed E-state index contributed by atoms with van der Waals surface area (Å²) < 4.78 is 24.8. The lowest BCUT2D eigenvalue weighted by atomic mass is 9.98. The monoisotopic (exact) mass is 218 g/mol. The Balaban J connectivity index is 1.91. The predicted octanol–water partition coefficient (Wildman–Crippen LogP) is 1.86. The molecule has 2 aliphatic rings. The topological polar surface area (TPSA) is 15.3 Å². The number of rotatable bonds is 4. The molecule has 2 bridgehead atoms. The zero-order valence-electron chi connectivity index (χ0n) is 9.26. The van der Waals surface area contributed by atoms with Crippen LogP contribution in [0.15, 0.2) is 0 Å². The molecule has 2 heterocycles. The predicted molar refractivity (Wildman–Crippen MR) is 56.2 cm³/mol. The van der Waals surface area contributed by atoms with Crippen molar-refractivity contribution < 1.29 is 8.78 Å². The summed E-state index contributed by atoms with van der Waals surface area (Å²) in [6.07, 6.45) is 2.37. The highest BCUT2D eigenvalue weighted by molar-refractivity contribution is 4.95. The molecule has 0 radical (unpaired) electrons. The van der Waals surface area contributed by atoms with Crippen molar-refractivity contribution in [3.8, 4) is 0 Å². The Morgan fingerprint density at radius 1 is 1.27 bits per heavy atom. The Morgan fingerprint density at radius 2 is 1.87 bits per heavy atom. The number of halogens is 2. The van der Waals surface area contributed by atoms with E-state index >= 15 is 0 Å². The first kappa shape index (κ1) is 11.3. The Hall–Kier alpha value is -0.220. The van der Waals surface area contributed by atoms with Crippen LogP contribution in [-0.4, -0.2) is 42.5 Å². The molecule has 2 atom stereocenters. The number of hydrogen-bond donors (Lipinski definition) is 1. The van der Waals surface area contributed by atoms with E-state index in [0.717, 1.165) is 19.4 Å². The molecule has 1 N–H and O–H groups in total. The van der Waals surface area contributed by atoms with Crippen molar-refractivity contribution in [3.05, 3.63) is 0 Å². The van der Waals surface area contributed by atoms with Gasteiger partial charge in [0.15, 0.2) is 0 Å². The molecule has 15 heavy (non-hydrogen) atoms. The molecule has 2 fully saturated rings. The second-order valence-electron chi connectivity index (χ2n) is 4.74. The first-order valence-electron chi connectivity index (χ1n) is 5.97. The van der Waals surface area contributed by atoms with Gasteiger partial charge in [0.1, 0.15) is 0 Å². The maximum Gasteiger partial charge on any atom is 0.251 e. The summed E-state index contributed by atoms with van der Waals surface area (Å²) in [4.78, 5) is 1.96. The van der Waals surface area contributed by atoms with Crippen LogP contribution < -0.4 is 5.32 Å².